The Hall–Kier alpha value is -4.18. The number of methoxy groups -OCH3 is 1. The van der Waals surface area contributed by atoms with Gasteiger partial charge in [0.1, 0.15) is 30.0 Å². The predicted molar refractivity (Wildman–Crippen MR) is 131 cm³/mol. The van der Waals surface area contributed by atoms with Crippen molar-refractivity contribution in [3.63, 3.8) is 0 Å². The van der Waals surface area contributed by atoms with Crippen LogP contribution in [0.4, 0.5) is 5.69 Å². The topological polar surface area (TPSA) is 99.5 Å². The molecule has 172 valence electrons. The van der Waals surface area contributed by atoms with Crippen molar-refractivity contribution < 1.29 is 19.0 Å². The SMILES string of the molecule is COc1ccc(-n2nc3cc(C)c(NC(=S)NC(=O)c4ccc5c(c4)OCCO5)cc3n2)cc1. The first-order valence-electron chi connectivity index (χ1n) is 10.5. The minimum absolute atomic E-state index is 0.171. The lowest BCUT2D eigenvalue weighted by Gasteiger charge is -2.18. The van der Waals surface area contributed by atoms with Crippen LogP contribution in [0.15, 0.2) is 54.6 Å². The van der Waals surface area contributed by atoms with Crippen molar-refractivity contribution in [2.75, 3.05) is 25.6 Å². The molecule has 0 unspecified atom stereocenters. The first-order valence-corrected chi connectivity index (χ1v) is 10.9. The van der Waals surface area contributed by atoms with Gasteiger partial charge in [-0.25, -0.2) is 0 Å². The fraction of sp³-hybridized carbons (Fsp3) is 0.167. The minimum atomic E-state index is -0.348. The molecule has 2 N–H and O–H groups in total. The molecule has 0 saturated carbocycles. The second-order valence-electron chi connectivity index (χ2n) is 7.61. The second kappa shape index (κ2) is 8.99. The van der Waals surface area contributed by atoms with E-state index in [9.17, 15) is 4.79 Å². The van der Waals surface area contributed by atoms with E-state index in [1.807, 2.05) is 43.3 Å². The summed E-state index contributed by atoms with van der Waals surface area (Å²) in [4.78, 5) is 14.2. The Morgan fingerprint density at radius 3 is 2.44 bits per heavy atom. The third-order valence-corrected chi connectivity index (χ3v) is 5.51. The second-order valence-corrected chi connectivity index (χ2v) is 8.02. The Morgan fingerprint density at radius 1 is 1.00 bits per heavy atom. The lowest BCUT2D eigenvalue weighted by atomic mass is 10.1. The minimum Gasteiger partial charge on any atom is -0.497 e. The van der Waals surface area contributed by atoms with Gasteiger partial charge in [0.05, 0.1) is 12.8 Å². The molecule has 4 aromatic rings. The van der Waals surface area contributed by atoms with E-state index in [1.54, 1.807) is 30.1 Å². The van der Waals surface area contributed by atoms with Crippen LogP contribution in [0.1, 0.15) is 15.9 Å². The lowest BCUT2D eigenvalue weighted by molar-refractivity contribution is 0.0976. The summed E-state index contributed by atoms with van der Waals surface area (Å²) in [7, 11) is 1.62. The molecule has 0 bridgehead atoms. The number of hydrogen-bond acceptors (Lipinski definition) is 7. The van der Waals surface area contributed by atoms with E-state index < -0.39 is 0 Å². The van der Waals surface area contributed by atoms with Crippen LogP contribution in [0.3, 0.4) is 0 Å². The number of amides is 1. The van der Waals surface area contributed by atoms with Crippen LogP contribution in [0.5, 0.6) is 17.2 Å². The highest BCUT2D eigenvalue weighted by Crippen LogP contribution is 2.30. The zero-order valence-corrected chi connectivity index (χ0v) is 19.3. The van der Waals surface area contributed by atoms with E-state index in [4.69, 9.17) is 26.4 Å². The van der Waals surface area contributed by atoms with Crippen LogP contribution in [0.2, 0.25) is 0 Å². The van der Waals surface area contributed by atoms with Gasteiger partial charge < -0.3 is 19.5 Å². The van der Waals surface area contributed by atoms with E-state index in [-0.39, 0.29) is 11.0 Å². The number of carbonyl (C=O) groups is 1. The molecule has 1 aromatic heterocycles. The zero-order chi connectivity index (χ0) is 23.7. The number of aryl methyl sites for hydroxylation is 1. The molecule has 10 heteroatoms. The van der Waals surface area contributed by atoms with Gasteiger partial charge >= 0.3 is 0 Å². The highest BCUT2D eigenvalue weighted by Gasteiger charge is 2.16. The molecule has 0 atom stereocenters. The molecule has 1 aliphatic rings. The van der Waals surface area contributed by atoms with Crippen molar-refractivity contribution in [2.45, 2.75) is 6.92 Å². The predicted octanol–water partition coefficient (Wildman–Crippen LogP) is 3.64. The van der Waals surface area contributed by atoms with E-state index in [0.29, 0.717) is 35.8 Å². The molecule has 5 rings (SSSR count). The van der Waals surface area contributed by atoms with Gasteiger partial charge in [-0.15, -0.1) is 10.2 Å². The summed E-state index contributed by atoms with van der Waals surface area (Å²) < 4.78 is 16.2. The van der Waals surface area contributed by atoms with Crippen molar-refractivity contribution in [1.29, 1.82) is 0 Å². The molecular formula is C24H21N5O4S. The van der Waals surface area contributed by atoms with Crippen molar-refractivity contribution >= 4 is 40.0 Å². The number of aromatic nitrogens is 3. The summed E-state index contributed by atoms with van der Waals surface area (Å²) in [6, 6.07) is 16.2. The first kappa shape index (κ1) is 21.7. The van der Waals surface area contributed by atoms with Crippen LogP contribution in [-0.2, 0) is 0 Å². The van der Waals surface area contributed by atoms with Crippen molar-refractivity contribution in [2.24, 2.45) is 0 Å². The van der Waals surface area contributed by atoms with Gasteiger partial charge in [0.25, 0.3) is 5.91 Å². The molecule has 0 aliphatic carbocycles. The van der Waals surface area contributed by atoms with Crippen molar-refractivity contribution in [3.05, 3.63) is 65.7 Å². The third kappa shape index (κ3) is 4.35. The molecule has 34 heavy (non-hydrogen) atoms. The molecule has 2 heterocycles. The van der Waals surface area contributed by atoms with E-state index in [2.05, 4.69) is 20.8 Å². The standard InChI is InChI=1S/C24H21N5O4S/c1-14-11-19-20(28-29(27-19)16-4-6-17(31-2)7-5-16)13-18(14)25-24(34)26-23(30)15-3-8-21-22(12-15)33-10-9-32-21/h3-8,11-13H,9-10H2,1-2H3,(H2,25,26,30,34). The summed E-state index contributed by atoms with van der Waals surface area (Å²) in [5, 5.41) is 15.1. The van der Waals surface area contributed by atoms with Crippen LogP contribution < -0.4 is 24.8 Å². The van der Waals surface area contributed by atoms with Gasteiger partial charge in [-0.3, -0.25) is 10.1 Å². The van der Waals surface area contributed by atoms with Crippen LogP contribution in [0, 0.1) is 6.92 Å². The third-order valence-electron chi connectivity index (χ3n) is 5.31. The molecule has 1 aliphatic heterocycles. The van der Waals surface area contributed by atoms with Crippen molar-refractivity contribution in [1.82, 2.24) is 20.3 Å². The highest BCUT2D eigenvalue weighted by atomic mass is 32.1. The van der Waals surface area contributed by atoms with Crippen molar-refractivity contribution in [3.8, 4) is 22.9 Å². The number of hydrogen-bond donors (Lipinski definition) is 2. The molecule has 0 spiro atoms. The lowest BCUT2D eigenvalue weighted by Crippen LogP contribution is -2.34. The average Bonchev–Trinajstić information content (AvgIpc) is 3.26. The number of ether oxygens (including phenoxy) is 3. The molecule has 0 saturated heterocycles. The Morgan fingerprint density at radius 2 is 1.71 bits per heavy atom. The largest absolute Gasteiger partial charge is 0.497 e. The van der Waals surface area contributed by atoms with Gasteiger partial charge in [-0.05, 0) is 79.3 Å². The molecule has 3 aromatic carbocycles. The number of nitrogens with one attached hydrogen (secondary N) is 2. The van der Waals surface area contributed by atoms with Crippen LogP contribution >= 0.6 is 12.2 Å². The van der Waals surface area contributed by atoms with Crippen LogP contribution in [-0.4, -0.2) is 46.3 Å². The highest BCUT2D eigenvalue weighted by molar-refractivity contribution is 7.80. The summed E-state index contributed by atoms with van der Waals surface area (Å²) in [5.74, 6) is 1.57. The molecule has 0 radical (unpaired) electrons. The van der Waals surface area contributed by atoms with Gasteiger partial charge in [-0.2, -0.15) is 4.80 Å². The number of anilines is 1. The van der Waals surface area contributed by atoms with E-state index >= 15 is 0 Å². The summed E-state index contributed by atoms with van der Waals surface area (Å²) in [5.41, 5.74) is 4.29. The number of carbonyl (C=O) groups excluding carboxylic acids is 1. The first-order chi connectivity index (χ1) is 16.5. The summed E-state index contributed by atoms with van der Waals surface area (Å²) in [6.07, 6.45) is 0. The van der Waals surface area contributed by atoms with Crippen LogP contribution in [0.25, 0.3) is 16.7 Å². The average molecular weight is 476 g/mol. The number of benzene rings is 3. The number of fused-ring (bicyclic) bond motifs is 2. The maximum atomic E-state index is 12.7. The molecule has 0 fully saturated rings. The van der Waals surface area contributed by atoms with Gasteiger partial charge in [0.15, 0.2) is 16.6 Å². The summed E-state index contributed by atoms with van der Waals surface area (Å²) in [6.45, 7) is 2.87. The fourth-order valence-electron chi connectivity index (χ4n) is 3.55. The Balaban J connectivity index is 1.31. The number of nitrogens with zero attached hydrogens (tertiary/aromatic N) is 3. The Bertz CT molecular complexity index is 1400. The Labute approximate surface area is 200 Å². The van der Waals surface area contributed by atoms with E-state index in [0.717, 1.165) is 28.2 Å². The maximum absolute atomic E-state index is 12.7. The van der Waals surface area contributed by atoms with Gasteiger partial charge in [0.2, 0.25) is 0 Å². The normalized spacial score (nSPS) is 12.3. The quantitative estimate of drug-likeness (QED) is 0.432. The molecule has 9 nitrogen and oxygen atoms in total. The Kier molecular flexibility index (Phi) is 5.72. The number of rotatable bonds is 4. The molecular weight excluding hydrogens is 454 g/mol. The monoisotopic (exact) mass is 475 g/mol. The smallest absolute Gasteiger partial charge is 0.257 e. The number of thiocarbonyl (C=S) groups is 1. The van der Waals surface area contributed by atoms with E-state index in [1.165, 1.54) is 0 Å². The van der Waals surface area contributed by atoms with Gasteiger partial charge in [-0.1, -0.05) is 0 Å². The summed E-state index contributed by atoms with van der Waals surface area (Å²) >= 11 is 5.37. The fourth-order valence-corrected chi connectivity index (χ4v) is 3.75. The zero-order valence-electron chi connectivity index (χ0n) is 18.5. The van der Waals surface area contributed by atoms with Gasteiger partial charge in [0, 0.05) is 11.3 Å². The molecule has 1 amide bonds. The maximum Gasteiger partial charge on any atom is 0.257 e.